The zero-order chi connectivity index (χ0) is 22.5. The van der Waals surface area contributed by atoms with Crippen LogP contribution < -0.4 is 5.32 Å². The number of fused-ring (bicyclic) bond motifs is 1. The van der Waals surface area contributed by atoms with Crippen molar-refractivity contribution in [1.29, 1.82) is 0 Å². The fourth-order valence-corrected chi connectivity index (χ4v) is 4.53. The third kappa shape index (κ3) is 5.03. The number of rotatable bonds is 7. The summed E-state index contributed by atoms with van der Waals surface area (Å²) in [6.07, 6.45) is 0.286. The molecular formula is C26H24N2O3S. The molecule has 0 aliphatic heterocycles. The number of nitrogens with one attached hydrogen (secondary N) is 1. The highest BCUT2D eigenvalue weighted by atomic mass is 32.1. The minimum Gasteiger partial charge on any atom is -0.465 e. The van der Waals surface area contributed by atoms with Gasteiger partial charge in [-0.2, -0.15) is 0 Å². The third-order valence-electron chi connectivity index (χ3n) is 5.11. The van der Waals surface area contributed by atoms with Gasteiger partial charge in [-0.25, -0.2) is 4.98 Å². The number of amides is 1. The summed E-state index contributed by atoms with van der Waals surface area (Å²) in [6.45, 7) is 4.03. The summed E-state index contributed by atoms with van der Waals surface area (Å²) < 4.78 is 6.29. The van der Waals surface area contributed by atoms with E-state index in [1.165, 1.54) is 5.56 Å². The van der Waals surface area contributed by atoms with E-state index in [2.05, 4.69) is 24.4 Å². The number of anilines is 1. The third-order valence-corrected chi connectivity index (χ3v) is 6.18. The van der Waals surface area contributed by atoms with Gasteiger partial charge < -0.3 is 10.1 Å². The van der Waals surface area contributed by atoms with E-state index in [-0.39, 0.29) is 18.9 Å². The van der Waals surface area contributed by atoms with Crippen LogP contribution in [0.2, 0.25) is 0 Å². The van der Waals surface area contributed by atoms with Gasteiger partial charge in [0.25, 0.3) is 0 Å². The van der Waals surface area contributed by atoms with Gasteiger partial charge in [0.1, 0.15) is 10.9 Å². The second-order valence-corrected chi connectivity index (χ2v) is 8.58. The van der Waals surface area contributed by atoms with E-state index in [0.717, 1.165) is 26.4 Å². The Labute approximate surface area is 191 Å². The van der Waals surface area contributed by atoms with E-state index in [1.54, 1.807) is 18.3 Å². The Bertz CT molecular complexity index is 1230. The molecule has 5 nitrogen and oxygen atoms in total. The minimum absolute atomic E-state index is 0.230. The second-order valence-electron chi connectivity index (χ2n) is 7.55. The topological polar surface area (TPSA) is 68.3 Å². The molecule has 0 saturated carbocycles. The molecule has 0 aliphatic rings. The van der Waals surface area contributed by atoms with Crippen LogP contribution in [0.1, 0.15) is 18.1 Å². The molecule has 1 heterocycles. The monoisotopic (exact) mass is 444 g/mol. The van der Waals surface area contributed by atoms with Crippen molar-refractivity contribution in [2.45, 2.75) is 20.3 Å². The van der Waals surface area contributed by atoms with Gasteiger partial charge in [0, 0.05) is 11.3 Å². The van der Waals surface area contributed by atoms with E-state index in [0.29, 0.717) is 5.69 Å². The smallest absolute Gasteiger partial charge is 0.318 e. The van der Waals surface area contributed by atoms with Crippen molar-refractivity contribution in [2.24, 2.45) is 5.92 Å². The van der Waals surface area contributed by atoms with Crippen LogP contribution in [0, 0.1) is 12.8 Å². The number of thiazole rings is 1. The fraction of sp³-hybridized carbons (Fsp3) is 0.192. The van der Waals surface area contributed by atoms with Crippen LogP contribution in [0.15, 0.2) is 72.8 Å². The minimum atomic E-state index is -0.912. The number of hydrogen-bond acceptors (Lipinski definition) is 5. The number of benzene rings is 3. The Kier molecular flexibility index (Phi) is 6.61. The SMILES string of the molecule is CCOC(=O)[C@@H](Cc1ccccc1)C(=O)Nc1ccc(-c2nc3ccc(C)cc3s2)cc1. The largest absolute Gasteiger partial charge is 0.465 e. The van der Waals surface area contributed by atoms with Gasteiger partial charge in [-0.3, -0.25) is 9.59 Å². The van der Waals surface area contributed by atoms with Crippen LogP contribution in [0.5, 0.6) is 0 Å². The maximum absolute atomic E-state index is 12.9. The molecule has 0 unspecified atom stereocenters. The highest BCUT2D eigenvalue weighted by Crippen LogP contribution is 2.31. The maximum atomic E-state index is 12.9. The Morgan fingerprint density at radius 1 is 1.03 bits per heavy atom. The highest BCUT2D eigenvalue weighted by molar-refractivity contribution is 7.21. The summed E-state index contributed by atoms with van der Waals surface area (Å²) in [5.74, 6) is -1.81. The maximum Gasteiger partial charge on any atom is 0.318 e. The molecule has 1 N–H and O–H groups in total. The first kappa shape index (κ1) is 21.7. The van der Waals surface area contributed by atoms with E-state index in [4.69, 9.17) is 9.72 Å². The average molecular weight is 445 g/mol. The summed E-state index contributed by atoms with van der Waals surface area (Å²) in [5.41, 5.74) is 4.69. The molecule has 4 aromatic rings. The van der Waals surface area contributed by atoms with Crippen molar-refractivity contribution in [1.82, 2.24) is 4.98 Å². The van der Waals surface area contributed by atoms with E-state index in [9.17, 15) is 9.59 Å². The van der Waals surface area contributed by atoms with Crippen molar-refractivity contribution in [3.05, 3.63) is 83.9 Å². The molecule has 32 heavy (non-hydrogen) atoms. The van der Waals surface area contributed by atoms with Gasteiger partial charge in [0.15, 0.2) is 0 Å². The highest BCUT2D eigenvalue weighted by Gasteiger charge is 2.28. The predicted octanol–water partition coefficient (Wildman–Crippen LogP) is 5.63. The summed E-state index contributed by atoms with van der Waals surface area (Å²) in [4.78, 5) is 30.1. The molecule has 162 valence electrons. The van der Waals surface area contributed by atoms with Crippen molar-refractivity contribution in [3.63, 3.8) is 0 Å². The van der Waals surface area contributed by atoms with Crippen LogP contribution in [0.25, 0.3) is 20.8 Å². The van der Waals surface area contributed by atoms with E-state index >= 15 is 0 Å². The molecule has 1 atom stereocenters. The van der Waals surface area contributed by atoms with Crippen molar-refractivity contribution in [3.8, 4) is 10.6 Å². The zero-order valence-corrected chi connectivity index (χ0v) is 18.8. The van der Waals surface area contributed by atoms with Crippen LogP contribution in [-0.4, -0.2) is 23.5 Å². The van der Waals surface area contributed by atoms with Gasteiger partial charge in [-0.15, -0.1) is 11.3 Å². The molecule has 1 amide bonds. The molecule has 0 fully saturated rings. The first-order valence-electron chi connectivity index (χ1n) is 10.5. The van der Waals surface area contributed by atoms with Crippen molar-refractivity contribution >= 4 is 39.1 Å². The summed E-state index contributed by atoms with van der Waals surface area (Å²) in [7, 11) is 0. The number of aromatic nitrogens is 1. The van der Waals surface area contributed by atoms with E-state index < -0.39 is 11.9 Å². The molecule has 3 aromatic carbocycles. The van der Waals surface area contributed by atoms with Crippen molar-refractivity contribution in [2.75, 3.05) is 11.9 Å². The average Bonchev–Trinajstić information content (AvgIpc) is 3.22. The zero-order valence-electron chi connectivity index (χ0n) is 18.0. The summed E-state index contributed by atoms with van der Waals surface area (Å²) in [6, 6.07) is 23.2. The predicted molar refractivity (Wildman–Crippen MR) is 129 cm³/mol. The molecule has 0 saturated heterocycles. The number of esters is 1. The molecule has 0 bridgehead atoms. The number of carbonyl (C=O) groups is 2. The molecule has 6 heteroatoms. The van der Waals surface area contributed by atoms with Crippen LogP contribution >= 0.6 is 11.3 Å². The Balaban J connectivity index is 1.50. The molecule has 4 rings (SSSR count). The number of aryl methyl sites for hydroxylation is 1. The second kappa shape index (κ2) is 9.75. The lowest BCUT2D eigenvalue weighted by atomic mass is 9.98. The van der Waals surface area contributed by atoms with Gasteiger partial charge in [-0.1, -0.05) is 36.4 Å². The van der Waals surface area contributed by atoms with Gasteiger partial charge in [0.05, 0.1) is 16.8 Å². The molecule has 0 radical (unpaired) electrons. The summed E-state index contributed by atoms with van der Waals surface area (Å²) in [5, 5.41) is 3.79. The van der Waals surface area contributed by atoms with Gasteiger partial charge >= 0.3 is 5.97 Å². The van der Waals surface area contributed by atoms with Crippen LogP contribution in [0.4, 0.5) is 5.69 Å². The Morgan fingerprint density at radius 3 is 2.50 bits per heavy atom. The first-order chi connectivity index (χ1) is 15.5. The molecule has 0 aliphatic carbocycles. The lowest BCUT2D eigenvalue weighted by Crippen LogP contribution is -2.33. The molecular weight excluding hydrogens is 420 g/mol. The lowest BCUT2D eigenvalue weighted by Gasteiger charge is -2.16. The van der Waals surface area contributed by atoms with E-state index in [1.807, 2.05) is 60.7 Å². The number of hydrogen-bond donors (Lipinski definition) is 1. The molecule has 1 aromatic heterocycles. The van der Waals surface area contributed by atoms with Gasteiger partial charge in [-0.05, 0) is 67.8 Å². The Morgan fingerprint density at radius 2 is 1.78 bits per heavy atom. The first-order valence-corrected chi connectivity index (χ1v) is 11.3. The fourth-order valence-electron chi connectivity index (χ4n) is 3.46. The van der Waals surface area contributed by atoms with Crippen LogP contribution in [-0.2, 0) is 20.7 Å². The normalized spacial score (nSPS) is 11.8. The Hall–Kier alpha value is -3.51. The lowest BCUT2D eigenvalue weighted by molar-refractivity contribution is -0.150. The number of ether oxygens (including phenoxy) is 1. The standard InChI is InChI=1S/C26H24N2O3S/c1-3-31-26(30)21(16-18-7-5-4-6-8-18)24(29)27-20-12-10-19(11-13-20)25-28-22-14-9-17(2)15-23(22)32-25/h4-15,21H,3,16H2,1-2H3,(H,27,29)/t21-/m0/s1. The van der Waals surface area contributed by atoms with Gasteiger partial charge in [0.2, 0.25) is 5.91 Å². The molecule has 0 spiro atoms. The number of nitrogens with zero attached hydrogens (tertiary/aromatic N) is 1. The quantitative estimate of drug-likeness (QED) is 0.296. The van der Waals surface area contributed by atoms with Crippen LogP contribution in [0.3, 0.4) is 0 Å². The summed E-state index contributed by atoms with van der Waals surface area (Å²) >= 11 is 1.64. The number of carbonyl (C=O) groups excluding carboxylic acids is 2. The van der Waals surface area contributed by atoms with Crippen molar-refractivity contribution < 1.29 is 14.3 Å².